The number of carbonyl (C=O) groups is 2. The average Bonchev–Trinajstić information content (AvgIpc) is 2.95. The summed E-state index contributed by atoms with van der Waals surface area (Å²) in [4.78, 5) is 24.5. The predicted octanol–water partition coefficient (Wildman–Crippen LogP) is 0.772. The highest BCUT2D eigenvalue weighted by molar-refractivity contribution is 7.91. The van der Waals surface area contributed by atoms with Crippen LogP contribution in [-0.4, -0.2) is 48.5 Å². The van der Waals surface area contributed by atoms with Crippen LogP contribution in [0.5, 0.6) is 0 Å². The first kappa shape index (κ1) is 17.2. The number of amides is 2. The second-order valence-corrected chi connectivity index (χ2v) is 8.25. The summed E-state index contributed by atoms with van der Waals surface area (Å²) in [6.07, 6.45) is 6.03. The first-order chi connectivity index (χ1) is 11.9. The molecule has 0 spiro atoms. The Kier molecular flexibility index (Phi) is 4.59. The molecule has 0 aromatic heterocycles. The summed E-state index contributed by atoms with van der Waals surface area (Å²) in [7, 11) is -3.14. The number of benzene rings is 1. The normalized spacial score (nSPS) is 22.2. The zero-order valence-corrected chi connectivity index (χ0v) is 14.3. The molecule has 3 rings (SSSR count). The van der Waals surface area contributed by atoms with Crippen molar-refractivity contribution in [2.24, 2.45) is 5.10 Å². The van der Waals surface area contributed by atoms with Crippen LogP contribution in [0.25, 0.3) is 0 Å². The van der Waals surface area contributed by atoms with Crippen molar-refractivity contribution in [3.05, 3.63) is 29.8 Å². The molecule has 2 aliphatic rings. The molecule has 1 unspecified atom stereocenters. The number of rotatable bonds is 3. The lowest BCUT2D eigenvalue weighted by atomic mass is 10.1. The van der Waals surface area contributed by atoms with Crippen molar-refractivity contribution in [2.45, 2.75) is 25.3 Å². The molecule has 0 bridgehead atoms. The highest BCUT2D eigenvalue weighted by Gasteiger charge is 2.37. The van der Waals surface area contributed by atoms with E-state index in [4.69, 9.17) is 6.42 Å². The summed E-state index contributed by atoms with van der Waals surface area (Å²) in [6.45, 7) is 0. The molecule has 1 aromatic carbocycles. The van der Waals surface area contributed by atoms with E-state index in [-0.39, 0.29) is 36.0 Å². The van der Waals surface area contributed by atoms with Gasteiger partial charge in [0.25, 0.3) is 5.91 Å². The van der Waals surface area contributed by atoms with Gasteiger partial charge < -0.3 is 5.32 Å². The minimum atomic E-state index is -3.14. The van der Waals surface area contributed by atoms with Gasteiger partial charge >= 0.3 is 0 Å². The number of terminal acetylenes is 1. The molecule has 8 heteroatoms. The summed E-state index contributed by atoms with van der Waals surface area (Å²) < 4.78 is 23.3. The van der Waals surface area contributed by atoms with Crippen LogP contribution in [0.1, 0.15) is 24.8 Å². The van der Waals surface area contributed by atoms with Gasteiger partial charge in [-0.3, -0.25) is 9.59 Å². The fraction of sp³-hybridized carbons (Fsp3) is 0.353. The Morgan fingerprint density at radius 3 is 2.84 bits per heavy atom. The van der Waals surface area contributed by atoms with Gasteiger partial charge in [-0.25, -0.2) is 13.4 Å². The first-order valence-electron chi connectivity index (χ1n) is 7.86. The molecule has 0 radical (unpaired) electrons. The predicted molar refractivity (Wildman–Crippen MR) is 93.6 cm³/mol. The van der Waals surface area contributed by atoms with E-state index in [2.05, 4.69) is 16.3 Å². The van der Waals surface area contributed by atoms with Crippen LogP contribution in [0, 0.1) is 12.3 Å². The number of nitrogens with one attached hydrogen (secondary N) is 1. The minimum absolute atomic E-state index is 0.0391. The van der Waals surface area contributed by atoms with Gasteiger partial charge in [-0.1, -0.05) is 12.0 Å². The molecule has 130 valence electrons. The lowest BCUT2D eigenvalue weighted by Crippen LogP contribution is -2.42. The van der Waals surface area contributed by atoms with E-state index >= 15 is 0 Å². The third-order valence-electron chi connectivity index (χ3n) is 4.16. The summed E-state index contributed by atoms with van der Waals surface area (Å²) in [5, 5.41) is 8.01. The minimum Gasteiger partial charge on any atom is -0.321 e. The lowest BCUT2D eigenvalue weighted by molar-refractivity contribution is -0.133. The SMILES string of the molecule is C#Cc1cccc(NC(=O)C2=NN(C3CCS(=O)(=O)C3)C(=O)CC2)c1. The van der Waals surface area contributed by atoms with Gasteiger partial charge in [0.15, 0.2) is 9.84 Å². The zero-order chi connectivity index (χ0) is 18.0. The van der Waals surface area contributed by atoms with Gasteiger partial charge in [0.2, 0.25) is 5.91 Å². The van der Waals surface area contributed by atoms with Crippen LogP contribution in [0.15, 0.2) is 29.4 Å². The van der Waals surface area contributed by atoms with E-state index in [1.165, 1.54) is 5.01 Å². The Hall–Kier alpha value is -2.66. The smallest absolute Gasteiger partial charge is 0.271 e. The molecule has 1 aromatic rings. The third kappa shape index (κ3) is 3.88. The van der Waals surface area contributed by atoms with Crippen molar-refractivity contribution in [1.29, 1.82) is 0 Å². The molecule has 7 nitrogen and oxygen atoms in total. The van der Waals surface area contributed by atoms with Gasteiger partial charge in [-0.15, -0.1) is 6.42 Å². The molecule has 0 saturated carbocycles. The average molecular weight is 359 g/mol. The molecule has 25 heavy (non-hydrogen) atoms. The molecular formula is C17H17N3O4S. The van der Waals surface area contributed by atoms with Gasteiger partial charge in [0.1, 0.15) is 5.71 Å². The van der Waals surface area contributed by atoms with Crippen LogP contribution in [0.4, 0.5) is 5.69 Å². The lowest BCUT2D eigenvalue weighted by Gasteiger charge is -2.27. The first-order valence-corrected chi connectivity index (χ1v) is 9.68. The number of hydrogen-bond acceptors (Lipinski definition) is 5. The van der Waals surface area contributed by atoms with E-state index in [0.717, 1.165) is 0 Å². The molecule has 1 N–H and O–H groups in total. The van der Waals surface area contributed by atoms with Crippen molar-refractivity contribution >= 4 is 33.1 Å². The van der Waals surface area contributed by atoms with Crippen LogP contribution < -0.4 is 5.32 Å². The fourth-order valence-electron chi connectivity index (χ4n) is 2.88. The number of sulfone groups is 1. The zero-order valence-electron chi connectivity index (χ0n) is 13.4. The summed E-state index contributed by atoms with van der Waals surface area (Å²) in [5.74, 6) is 1.74. The van der Waals surface area contributed by atoms with Crippen LogP contribution >= 0.6 is 0 Å². The standard InChI is InChI=1S/C17H17N3O4S/c1-2-12-4-3-5-13(10-12)18-17(22)15-6-7-16(21)20(19-15)14-8-9-25(23,24)11-14/h1,3-5,10,14H,6-9,11H2,(H,18,22). The van der Waals surface area contributed by atoms with Crippen molar-refractivity contribution in [3.8, 4) is 12.3 Å². The summed E-state index contributed by atoms with van der Waals surface area (Å²) in [5.41, 5.74) is 1.38. The molecule has 1 atom stereocenters. The van der Waals surface area contributed by atoms with Gasteiger partial charge in [-0.2, -0.15) is 5.10 Å². The van der Waals surface area contributed by atoms with Gasteiger partial charge in [0.05, 0.1) is 17.5 Å². The number of anilines is 1. The van der Waals surface area contributed by atoms with Gasteiger partial charge in [0, 0.05) is 24.1 Å². The Morgan fingerprint density at radius 2 is 2.16 bits per heavy atom. The van der Waals surface area contributed by atoms with E-state index in [9.17, 15) is 18.0 Å². The molecular weight excluding hydrogens is 342 g/mol. The maximum absolute atomic E-state index is 12.4. The molecule has 2 aliphatic heterocycles. The molecule has 2 heterocycles. The second-order valence-electron chi connectivity index (χ2n) is 6.02. The number of hydrogen-bond donors (Lipinski definition) is 1. The molecule has 0 aliphatic carbocycles. The maximum Gasteiger partial charge on any atom is 0.271 e. The summed E-state index contributed by atoms with van der Waals surface area (Å²) in [6, 6.07) is 6.34. The van der Waals surface area contributed by atoms with Crippen molar-refractivity contribution in [2.75, 3.05) is 16.8 Å². The van der Waals surface area contributed by atoms with E-state index < -0.39 is 21.8 Å². The van der Waals surface area contributed by atoms with Crippen molar-refractivity contribution < 1.29 is 18.0 Å². The van der Waals surface area contributed by atoms with E-state index in [1.807, 2.05) is 0 Å². The van der Waals surface area contributed by atoms with Gasteiger partial charge in [-0.05, 0) is 24.6 Å². The Morgan fingerprint density at radius 1 is 1.36 bits per heavy atom. The van der Waals surface area contributed by atoms with Crippen molar-refractivity contribution in [1.82, 2.24) is 5.01 Å². The summed E-state index contributed by atoms with van der Waals surface area (Å²) >= 11 is 0. The van der Waals surface area contributed by atoms with E-state index in [1.54, 1.807) is 24.3 Å². The highest BCUT2D eigenvalue weighted by atomic mass is 32.2. The monoisotopic (exact) mass is 359 g/mol. The molecule has 1 fully saturated rings. The number of carbonyl (C=O) groups excluding carboxylic acids is 2. The van der Waals surface area contributed by atoms with Crippen LogP contribution in [0.3, 0.4) is 0 Å². The highest BCUT2D eigenvalue weighted by Crippen LogP contribution is 2.22. The van der Waals surface area contributed by atoms with Crippen LogP contribution in [-0.2, 0) is 19.4 Å². The Labute approximate surface area is 146 Å². The topological polar surface area (TPSA) is 95.9 Å². The van der Waals surface area contributed by atoms with E-state index in [0.29, 0.717) is 17.7 Å². The number of hydrazone groups is 1. The van der Waals surface area contributed by atoms with Crippen molar-refractivity contribution in [3.63, 3.8) is 0 Å². The molecule has 1 saturated heterocycles. The molecule has 2 amide bonds. The number of nitrogens with zero attached hydrogens (tertiary/aromatic N) is 2. The second kappa shape index (κ2) is 6.69. The fourth-order valence-corrected chi connectivity index (χ4v) is 4.57. The quantitative estimate of drug-likeness (QED) is 0.807. The Bertz CT molecular complexity index is 899. The largest absolute Gasteiger partial charge is 0.321 e. The third-order valence-corrected chi connectivity index (χ3v) is 5.91. The Balaban J connectivity index is 1.76. The maximum atomic E-state index is 12.4. The van der Waals surface area contributed by atoms with Crippen LogP contribution in [0.2, 0.25) is 0 Å².